The lowest BCUT2D eigenvalue weighted by atomic mass is 9.95. The van der Waals surface area contributed by atoms with Gasteiger partial charge in [-0.15, -0.1) is 0 Å². The van der Waals surface area contributed by atoms with E-state index in [-0.39, 0.29) is 5.82 Å². The Hall–Kier alpha value is -0.570. The van der Waals surface area contributed by atoms with Crippen LogP contribution in [-0.2, 0) is 0 Å². The van der Waals surface area contributed by atoms with Gasteiger partial charge in [-0.05, 0) is 59.2 Å². The molecule has 1 nitrogen and oxygen atoms in total. The van der Waals surface area contributed by atoms with Gasteiger partial charge in [0, 0.05) is 10.5 Å². The summed E-state index contributed by atoms with van der Waals surface area (Å²) in [6.45, 7) is 0. The van der Waals surface area contributed by atoms with E-state index in [0.29, 0.717) is 11.7 Å². The summed E-state index contributed by atoms with van der Waals surface area (Å²) in [6.07, 6.45) is 5.24. The van der Waals surface area contributed by atoms with Crippen LogP contribution in [0.5, 0.6) is 0 Å². The summed E-state index contributed by atoms with van der Waals surface area (Å²) in [5, 5.41) is 3.39. The standard InChI is InChI=1S/C13H15BrFN/c14-10-2-1-3-11(15)13(10)16-12-7-8-4-5-9(12)6-8/h1-3,8-9,12,16H,4-7H2. The van der Waals surface area contributed by atoms with Gasteiger partial charge in [-0.25, -0.2) is 4.39 Å². The Kier molecular flexibility index (Phi) is 2.66. The van der Waals surface area contributed by atoms with E-state index in [1.807, 2.05) is 6.07 Å². The van der Waals surface area contributed by atoms with E-state index < -0.39 is 0 Å². The quantitative estimate of drug-likeness (QED) is 0.858. The number of para-hydroxylation sites is 1. The average Bonchev–Trinajstić information content (AvgIpc) is 2.85. The molecule has 0 radical (unpaired) electrons. The number of benzene rings is 1. The molecule has 0 saturated heterocycles. The zero-order chi connectivity index (χ0) is 11.1. The van der Waals surface area contributed by atoms with Gasteiger partial charge in [0.25, 0.3) is 0 Å². The molecule has 3 heteroatoms. The molecule has 2 bridgehead atoms. The summed E-state index contributed by atoms with van der Waals surface area (Å²) in [5.74, 6) is 1.49. The second kappa shape index (κ2) is 4.02. The lowest BCUT2D eigenvalue weighted by Crippen LogP contribution is -2.26. The summed E-state index contributed by atoms with van der Waals surface area (Å²) < 4.78 is 14.5. The summed E-state index contributed by atoms with van der Waals surface area (Å²) in [7, 11) is 0. The second-order valence-corrected chi connectivity index (χ2v) is 5.88. The highest BCUT2D eigenvalue weighted by Crippen LogP contribution is 2.46. The van der Waals surface area contributed by atoms with Crippen molar-refractivity contribution in [3.05, 3.63) is 28.5 Å². The van der Waals surface area contributed by atoms with E-state index in [4.69, 9.17) is 0 Å². The molecule has 3 atom stereocenters. The van der Waals surface area contributed by atoms with Gasteiger partial charge < -0.3 is 5.32 Å². The minimum atomic E-state index is -0.155. The number of hydrogen-bond donors (Lipinski definition) is 1. The monoisotopic (exact) mass is 283 g/mol. The van der Waals surface area contributed by atoms with Crippen LogP contribution < -0.4 is 5.32 Å². The Morgan fingerprint density at radius 3 is 2.75 bits per heavy atom. The smallest absolute Gasteiger partial charge is 0.147 e. The van der Waals surface area contributed by atoms with E-state index in [9.17, 15) is 4.39 Å². The van der Waals surface area contributed by atoms with Crippen molar-refractivity contribution in [1.82, 2.24) is 0 Å². The van der Waals surface area contributed by atoms with Crippen LogP contribution in [0.3, 0.4) is 0 Å². The molecule has 0 aliphatic heterocycles. The van der Waals surface area contributed by atoms with Crippen LogP contribution in [0.15, 0.2) is 22.7 Å². The van der Waals surface area contributed by atoms with Gasteiger partial charge in [0.05, 0.1) is 5.69 Å². The maximum atomic E-state index is 13.7. The number of fused-ring (bicyclic) bond motifs is 2. The largest absolute Gasteiger partial charge is 0.379 e. The molecule has 0 aromatic heterocycles. The Bertz CT molecular complexity index is 387. The third-order valence-electron chi connectivity index (χ3n) is 4.03. The summed E-state index contributed by atoms with van der Waals surface area (Å²) in [5.41, 5.74) is 0.639. The van der Waals surface area contributed by atoms with Gasteiger partial charge in [-0.3, -0.25) is 0 Å². The van der Waals surface area contributed by atoms with Crippen LogP contribution in [0.1, 0.15) is 25.7 Å². The Labute approximate surface area is 104 Å². The van der Waals surface area contributed by atoms with Gasteiger partial charge in [-0.1, -0.05) is 12.5 Å². The zero-order valence-corrected chi connectivity index (χ0v) is 10.6. The summed E-state index contributed by atoms with van der Waals surface area (Å²) in [6, 6.07) is 5.61. The first-order chi connectivity index (χ1) is 7.74. The van der Waals surface area contributed by atoms with E-state index in [0.717, 1.165) is 16.3 Å². The van der Waals surface area contributed by atoms with Crippen molar-refractivity contribution in [3.63, 3.8) is 0 Å². The molecular formula is C13H15BrFN. The molecular weight excluding hydrogens is 269 g/mol. The molecule has 1 N–H and O–H groups in total. The zero-order valence-electron chi connectivity index (χ0n) is 9.05. The molecule has 86 valence electrons. The van der Waals surface area contributed by atoms with E-state index in [2.05, 4.69) is 21.2 Å². The van der Waals surface area contributed by atoms with Gasteiger partial charge >= 0.3 is 0 Å². The van der Waals surface area contributed by atoms with Crippen LogP contribution >= 0.6 is 15.9 Å². The lowest BCUT2D eigenvalue weighted by molar-refractivity contribution is 0.438. The molecule has 2 fully saturated rings. The van der Waals surface area contributed by atoms with E-state index in [1.165, 1.54) is 31.7 Å². The normalized spacial score (nSPS) is 32.0. The Morgan fingerprint density at radius 2 is 2.12 bits per heavy atom. The fourth-order valence-electron chi connectivity index (χ4n) is 3.24. The maximum Gasteiger partial charge on any atom is 0.147 e. The first kappa shape index (κ1) is 10.6. The molecule has 3 rings (SSSR count). The van der Waals surface area contributed by atoms with Gasteiger partial charge in [0.2, 0.25) is 0 Å². The fraction of sp³-hybridized carbons (Fsp3) is 0.538. The molecule has 3 unspecified atom stereocenters. The minimum absolute atomic E-state index is 0.155. The highest BCUT2D eigenvalue weighted by molar-refractivity contribution is 9.10. The van der Waals surface area contributed by atoms with Crippen LogP contribution in [-0.4, -0.2) is 6.04 Å². The first-order valence-corrected chi connectivity index (χ1v) is 6.74. The molecule has 2 aliphatic carbocycles. The van der Waals surface area contributed by atoms with Crippen molar-refractivity contribution in [2.45, 2.75) is 31.7 Å². The van der Waals surface area contributed by atoms with Crippen molar-refractivity contribution in [2.24, 2.45) is 11.8 Å². The first-order valence-electron chi connectivity index (χ1n) is 5.94. The van der Waals surface area contributed by atoms with Crippen molar-refractivity contribution in [3.8, 4) is 0 Å². The molecule has 16 heavy (non-hydrogen) atoms. The molecule has 2 aliphatic rings. The average molecular weight is 284 g/mol. The van der Waals surface area contributed by atoms with Gasteiger partial charge in [0.15, 0.2) is 0 Å². The Balaban J connectivity index is 1.79. The highest BCUT2D eigenvalue weighted by atomic mass is 79.9. The minimum Gasteiger partial charge on any atom is -0.379 e. The van der Waals surface area contributed by atoms with Crippen molar-refractivity contribution in [1.29, 1.82) is 0 Å². The molecule has 0 amide bonds. The Morgan fingerprint density at radius 1 is 1.25 bits per heavy atom. The lowest BCUT2D eigenvalue weighted by Gasteiger charge is -2.24. The number of rotatable bonds is 2. The second-order valence-electron chi connectivity index (χ2n) is 5.02. The van der Waals surface area contributed by atoms with E-state index in [1.54, 1.807) is 6.07 Å². The summed E-state index contributed by atoms with van der Waals surface area (Å²) in [4.78, 5) is 0. The molecule has 1 aromatic carbocycles. The molecule has 0 heterocycles. The molecule has 2 saturated carbocycles. The predicted molar refractivity (Wildman–Crippen MR) is 67.0 cm³/mol. The number of halogens is 2. The van der Waals surface area contributed by atoms with Crippen LogP contribution in [0.2, 0.25) is 0 Å². The van der Waals surface area contributed by atoms with Crippen molar-refractivity contribution < 1.29 is 4.39 Å². The van der Waals surface area contributed by atoms with Gasteiger partial charge in [0.1, 0.15) is 5.82 Å². The van der Waals surface area contributed by atoms with Crippen LogP contribution in [0.4, 0.5) is 10.1 Å². The number of anilines is 1. The topological polar surface area (TPSA) is 12.0 Å². The third-order valence-corrected chi connectivity index (χ3v) is 4.69. The highest BCUT2D eigenvalue weighted by Gasteiger charge is 2.39. The third kappa shape index (κ3) is 1.75. The van der Waals surface area contributed by atoms with Crippen molar-refractivity contribution in [2.75, 3.05) is 5.32 Å². The molecule has 1 aromatic rings. The molecule has 0 spiro atoms. The SMILES string of the molecule is Fc1cccc(Br)c1NC1CC2CCC1C2. The van der Waals surface area contributed by atoms with E-state index >= 15 is 0 Å². The summed E-state index contributed by atoms with van der Waals surface area (Å²) >= 11 is 3.40. The van der Waals surface area contributed by atoms with Crippen molar-refractivity contribution >= 4 is 21.6 Å². The maximum absolute atomic E-state index is 13.7. The van der Waals surface area contributed by atoms with Crippen LogP contribution in [0, 0.1) is 17.7 Å². The predicted octanol–water partition coefficient (Wildman–Crippen LogP) is 4.19. The number of nitrogens with one attached hydrogen (secondary N) is 1. The number of hydrogen-bond acceptors (Lipinski definition) is 1. The van der Waals surface area contributed by atoms with Gasteiger partial charge in [-0.2, -0.15) is 0 Å². The fourth-order valence-corrected chi connectivity index (χ4v) is 3.70. The van der Waals surface area contributed by atoms with Crippen LogP contribution in [0.25, 0.3) is 0 Å².